The SMILES string of the molecule is Cc1ccc(C[NH+](C)CC(=O)Nc2ccc3c(c2)OCCCO3)cc1. The molecule has 5 heteroatoms. The quantitative estimate of drug-likeness (QED) is 0.872. The monoisotopic (exact) mass is 341 g/mol. The molecular formula is C20H25N2O3+. The highest BCUT2D eigenvalue weighted by Crippen LogP contribution is 2.32. The van der Waals surface area contributed by atoms with Gasteiger partial charge in [-0.2, -0.15) is 0 Å². The number of amides is 1. The molecule has 0 aliphatic carbocycles. The van der Waals surface area contributed by atoms with E-state index in [1.54, 1.807) is 0 Å². The van der Waals surface area contributed by atoms with Crippen LogP contribution in [0.25, 0.3) is 0 Å². The summed E-state index contributed by atoms with van der Waals surface area (Å²) in [6.07, 6.45) is 0.865. The highest BCUT2D eigenvalue weighted by molar-refractivity contribution is 5.91. The van der Waals surface area contributed by atoms with Crippen molar-refractivity contribution in [2.24, 2.45) is 0 Å². The van der Waals surface area contributed by atoms with Crippen LogP contribution in [0.2, 0.25) is 0 Å². The molecule has 5 nitrogen and oxygen atoms in total. The van der Waals surface area contributed by atoms with Gasteiger partial charge >= 0.3 is 0 Å². The zero-order chi connectivity index (χ0) is 17.6. The van der Waals surface area contributed by atoms with E-state index in [-0.39, 0.29) is 5.91 Å². The molecule has 0 spiro atoms. The zero-order valence-electron chi connectivity index (χ0n) is 14.8. The minimum Gasteiger partial charge on any atom is -0.490 e. The van der Waals surface area contributed by atoms with Gasteiger partial charge in [0.2, 0.25) is 0 Å². The number of fused-ring (bicyclic) bond motifs is 1. The molecule has 1 atom stereocenters. The second-order valence-corrected chi connectivity index (χ2v) is 6.56. The lowest BCUT2D eigenvalue weighted by atomic mass is 10.1. The fourth-order valence-corrected chi connectivity index (χ4v) is 2.84. The summed E-state index contributed by atoms with van der Waals surface area (Å²) in [6.45, 7) is 4.58. The molecule has 1 heterocycles. The summed E-state index contributed by atoms with van der Waals surface area (Å²) in [5.41, 5.74) is 3.21. The summed E-state index contributed by atoms with van der Waals surface area (Å²) in [5.74, 6) is 1.41. The second kappa shape index (κ2) is 8.03. The number of benzene rings is 2. The molecule has 1 unspecified atom stereocenters. The molecule has 0 fully saturated rings. The number of aryl methyl sites for hydroxylation is 1. The predicted molar refractivity (Wildman–Crippen MR) is 97.3 cm³/mol. The maximum Gasteiger partial charge on any atom is 0.279 e. The summed E-state index contributed by atoms with van der Waals surface area (Å²) < 4.78 is 11.3. The molecule has 2 N–H and O–H groups in total. The molecule has 0 bridgehead atoms. The van der Waals surface area contributed by atoms with Gasteiger partial charge in [0.1, 0.15) is 6.54 Å². The number of carbonyl (C=O) groups is 1. The van der Waals surface area contributed by atoms with Gasteiger partial charge in [0.25, 0.3) is 5.91 Å². The van der Waals surface area contributed by atoms with Crippen molar-refractivity contribution < 1.29 is 19.2 Å². The summed E-state index contributed by atoms with van der Waals surface area (Å²) in [7, 11) is 2.02. The van der Waals surface area contributed by atoms with E-state index < -0.39 is 0 Å². The summed E-state index contributed by atoms with van der Waals surface area (Å²) in [6, 6.07) is 13.9. The van der Waals surface area contributed by atoms with Gasteiger partial charge in [-0.1, -0.05) is 29.8 Å². The minimum absolute atomic E-state index is 0.0147. The molecule has 0 radical (unpaired) electrons. The number of ether oxygens (including phenoxy) is 2. The third-order valence-corrected chi connectivity index (χ3v) is 4.12. The topological polar surface area (TPSA) is 52.0 Å². The first kappa shape index (κ1) is 17.3. The fourth-order valence-electron chi connectivity index (χ4n) is 2.84. The molecule has 1 aliphatic rings. The maximum atomic E-state index is 12.3. The Kier molecular flexibility index (Phi) is 5.56. The number of quaternary nitrogens is 1. The second-order valence-electron chi connectivity index (χ2n) is 6.56. The van der Waals surface area contributed by atoms with Crippen LogP contribution in [0.5, 0.6) is 11.5 Å². The Balaban J connectivity index is 1.55. The number of rotatable bonds is 5. The Labute approximate surface area is 148 Å². The number of carbonyl (C=O) groups excluding carboxylic acids is 1. The van der Waals surface area contributed by atoms with E-state index in [0.29, 0.717) is 25.5 Å². The molecule has 1 amide bonds. The van der Waals surface area contributed by atoms with Gasteiger partial charge in [-0.15, -0.1) is 0 Å². The fraction of sp³-hybridized carbons (Fsp3) is 0.350. The minimum atomic E-state index is -0.0147. The van der Waals surface area contributed by atoms with Crippen LogP contribution in [0.4, 0.5) is 5.69 Å². The van der Waals surface area contributed by atoms with Crippen LogP contribution in [0.15, 0.2) is 42.5 Å². The average molecular weight is 341 g/mol. The Bertz CT molecular complexity index is 728. The van der Waals surface area contributed by atoms with Crippen molar-refractivity contribution in [2.75, 3.05) is 32.1 Å². The van der Waals surface area contributed by atoms with Crippen molar-refractivity contribution in [2.45, 2.75) is 19.9 Å². The number of likely N-dealkylation sites (N-methyl/N-ethyl adjacent to an activating group) is 1. The molecule has 0 saturated carbocycles. The van der Waals surface area contributed by atoms with Crippen molar-refractivity contribution in [3.8, 4) is 11.5 Å². The zero-order valence-corrected chi connectivity index (χ0v) is 14.8. The first-order valence-corrected chi connectivity index (χ1v) is 8.66. The lowest BCUT2D eigenvalue weighted by molar-refractivity contribution is -0.885. The largest absolute Gasteiger partial charge is 0.490 e. The third-order valence-electron chi connectivity index (χ3n) is 4.12. The van der Waals surface area contributed by atoms with E-state index in [2.05, 4.69) is 36.5 Å². The van der Waals surface area contributed by atoms with Crippen LogP contribution >= 0.6 is 0 Å². The van der Waals surface area contributed by atoms with E-state index in [1.807, 2.05) is 25.2 Å². The van der Waals surface area contributed by atoms with Crippen LogP contribution < -0.4 is 19.7 Å². The van der Waals surface area contributed by atoms with Crippen molar-refractivity contribution in [1.82, 2.24) is 0 Å². The first-order chi connectivity index (χ1) is 12.1. The molecule has 3 rings (SSSR count). The van der Waals surface area contributed by atoms with E-state index >= 15 is 0 Å². The number of nitrogens with one attached hydrogen (secondary N) is 2. The Morgan fingerprint density at radius 2 is 1.80 bits per heavy atom. The Morgan fingerprint density at radius 1 is 1.08 bits per heavy atom. The van der Waals surface area contributed by atoms with E-state index in [0.717, 1.165) is 29.3 Å². The van der Waals surface area contributed by atoms with Crippen molar-refractivity contribution in [3.05, 3.63) is 53.6 Å². The van der Waals surface area contributed by atoms with Crippen LogP contribution in [0.1, 0.15) is 17.5 Å². The number of hydrogen-bond acceptors (Lipinski definition) is 3. The van der Waals surface area contributed by atoms with E-state index in [9.17, 15) is 4.79 Å². The maximum absolute atomic E-state index is 12.3. The van der Waals surface area contributed by atoms with Crippen molar-refractivity contribution >= 4 is 11.6 Å². The third kappa shape index (κ3) is 4.97. The van der Waals surface area contributed by atoms with Gasteiger partial charge in [-0.05, 0) is 19.1 Å². The number of anilines is 1. The standard InChI is InChI=1S/C20H24N2O3/c1-15-4-6-16(7-5-15)13-22(2)14-20(23)21-17-8-9-18-19(12-17)25-11-3-10-24-18/h4-9,12H,3,10-11,13-14H2,1-2H3,(H,21,23)/p+1. The van der Waals surface area contributed by atoms with E-state index in [4.69, 9.17) is 9.47 Å². The van der Waals surface area contributed by atoms with Gasteiger partial charge in [-0.3, -0.25) is 4.79 Å². The molecule has 1 aliphatic heterocycles. The van der Waals surface area contributed by atoms with Crippen LogP contribution in [-0.4, -0.2) is 32.7 Å². The highest BCUT2D eigenvalue weighted by atomic mass is 16.5. The average Bonchev–Trinajstić information content (AvgIpc) is 2.81. The predicted octanol–water partition coefficient (Wildman–Crippen LogP) is 1.81. The Morgan fingerprint density at radius 3 is 2.56 bits per heavy atom. The summed E-state index contributed by atoms with van der Waals surface area (Å²) in [5, 5.41) is 2.94. The van der Waals surface area contributed by atoms with Gasteiger partial charge in [0.05, 0.1) is 20.3 Å². The van der Waals surface area contributed by atoms with E-state index in [1.165, 1.54) is 11.1 Å². The first-order valence-electron chi connectivity index (χ1n) is 8.66. The van der Waals surface area contributed by atoms with Gasteiger partial charge in [0.15, 0.2) is 18.0 Å². The molecular weight excluding hydrogens is 316 g/mol. The van der Waals surface area contributed by atoms with Gasteiger partial charge in [-0.25, -0.2) is 0 Å². The molecule has 2 aromatic rings. The molecule has 0 aromatic heterocycles. The Hall–Kier alpha value is -2.53. The van der Waals surface area contributed by atoms with Crippen molar-refractivity contribution in [3.63, 3.8) is 0 Å². The lowest BCUT2D eigenvalue weighted by Crippen LogP contribution is -3.08. The smallest absolute Gasteiger partial charge is 0.279 e. The highest BCUT2D eigenvalue weighted by Gasteiger charge is 2.14. The van der Waals surface area contributed by atoms with Crippen molar-refractivity contribution in [1.29, 1.82) is 0 Å². The molecule has 25 heavy (non-hydrogen) atoms. The molecule has 132 valence electrons. The summed E-state index contributed by atoms with van der Waals surface area (Å²) >= 11 is 0. The number of hydrogen-bond donors (Lipinski definition) is 2. The van der Waals surface area contributed by atoms with Gasteiger partial charge in [0, 0.05) is 23.7 Å². The summed E-state index contributed by atoms with van der Waals surface area (Å²) in [4.78, 5) is 13.4. The normalized spacial score (nSPS) is 14.5. The van der Waals surface area contributed by atoms with Gasteiger partial charge < -0.3 is 19.7 Å². The lowest BCUT2D eigenvalue weighted by Gasteiger charge is -2.15. The van der Waals surface area contributed by atoms with Crippen LogP contribution in [0.3, 0.4) is 0 Å². The molecule has 0 saturated heterocycles. The molecule has 2 aromatic carbocycles. The van der Waals surface area contributed by atoms with Crippen LogP contribution in [-0.2, 0) is 11.3 Å². The van der Waals surface area contributed by atoms with Crippen LogP contribution in [0, 0.1) is 6.92 Å².